The molecule has 0 spiro atoms. The first-order valence-electron chi connectivity index (χ1n) is 14.6. The maximum atomic E-state index is 14.1. The lowest BCUT2D eigenvalue weighted by Gasteiger charge is -2.45. The fraction of sp³-hybridized carbons (Fsp3) is 0.250. The highest BCUT2D eigenvalue weighted by molar-refractivity contribution is 5.88. The van der Waals surface area contributed by atoms with Crippen LogP contribution < -0.4 is 24.3 Å². The zero-order valence-electron chi connectivity index (χ0n) is 24.6. The zero-order chi connectivity index (χ0) is 29.5. The van der Waals surface area contributed by atoms with Crippen molar-refractivity contribution >= 4 is 12.0 Å². The molecule has 1 fully saturated rings. The number of amides is 1. The number of ether oxygens (including phenoxy) is 4. The van der Waals surface area contributed by atoms with Gasteiger partial charge in [-0.25, -0.2) is 0 Å². The number of benzene rings is 4. The molecule has 218 valence electrons. The van der Waals surface area contributed by atoms with Gasteiger partial charge in [0.25, 0.3) is 0 Å². The second-order valence-corrected chi connectivity index (χ2v) is 11.3. The number of hydrogen-bond donors (Lipinski definition) is 1. The molecule has 0 aliphatic carbocycles. The molecule has 7 heteroatoms. The van der Waals surface area contributed by atoms with Gasteiger partial charge in [0.15, 0.2) is 11.5 Å². The Morgan fingerprint density at radius 1 is 0.977 bits per heavy atom. The lowest BCUT2D eigenvalue weighted by molar-refractivity contribution is -0.135. The van der Waals surface area contributed by atoms with E-state index in [1.807, 2.05) is 73.3 Å². The number of carbonyl (C=O) groups is 1. The maximum absolute atomic E-state index is 14.1. The van der Waals surface area contributed by atoms with E-state index in [0.717, 1.165) is 50.4 Å². The number of nitrogens with zero attached hydrogens (tertiary/aromatic N) is 1. The molecule has 7 nitrogen and oxygen atoms in total. The first-order valence-corrected chi connectivity index (χ1v) is 14.6. The van der Waals surface area contributed by atoms with Crippen molar-refractivity contribution < 1.29 is 23.7 Å². The molecular weight excluding hydrogens is 540 g/mol. The summed E-state index contributed by atoms with van der Waals surface area (Å²) in [5.41, 5.74) is 7.98. The summed E-state index contributed by atoms with van der Waals surface area (Å²) in [6, 6.07) is 25.9. The molecule has 4 aromatic rings. The van der Waals surface area contributed by atoms with Crippen LogP contribution in [0.15, 0.2) is 84.6 Å². The van der Waals surface area contributed by atoms with Crippen LogP contribution in [0.25, 0.3) is 6.08 Å². The summed E-state index contributed by atoms with van der Waals surface area (Å²) in [5, 5.41) is 3.65. The molecule has 1 saturated heterocycles. The van der Waals surface area contributed by atoms with Crippen LogP contribution in [0.3, 0.4) is 0 Å². The monoisotopic (exact) mass is 574 g/mol. The summed E-state index contributed by atoms with van der Waals surface area (Å²) in [4.78, 5) is 16.1. The third-order valence-corrected chi connectivity index (χ3v) is 8.52. The van der Waals surface area contributed by atoms with E-state index >= 15 is 0 Å². The first kappa shape index (κ1) is 27.1. The smallest absolute Gasteiger partial charge is 0.244 e. The highest BCUT2D eigenvalue weighted by atomic mass is 16.7. The van der Waals surface area contributed by atoms with Gasteiger partial charge in [0.2, 0.25) is 12.7 Å². The minimum absolute atomic E-state index is 0.0506. The van der Waals surface area contributed by atoms with Crippen molar-refractivity contribution in [1.82, 2.24) is 10.2 Å². The van der Waals surface area contributed by atoms with Crippen molar-refractivity contribution in [3.8, 4) is 23.0 Å². The molecule has 2 bridgehead atoms. The Balaban J connectivity index is 1.39. The van der Waals surface area contributed by atoms with Gasteiger partial charge >= 0.3 is 0 Å². The first-order chi connectivity index (χ1) is 21.0. The molecule has 0 aromatic heterocycles. The Hall–Kier alpha value is -4.75. The van der Waals surface area contributed by atoms with Crippen molar-refractivity contribution in [2.24, 2.45) is 0 Å². The summed E-state index contributed by atoms with van der Waals surface area (Å²) in [7, 11) is 1.70. The maximum Gasteiger partial charge on any atom is 0.244 e. The third-order valence-electron chi connectivity index (χ3n) is 8.52. The SMILES string of the molecule is COc1cc2c(cc1C)C[C@@H]1N[C@H]2/C(=C\c2cc3c(c(C)c2OCc2ccccc2)OCO3)N(Cc2ccccc2)C1=O. The van der Waals surface area contributed by atoms with Gasteiger partial charge in [0.05, 0.1) is 25.7 Å². The highest BCUT2D eigenvalue weighted by Gasteiger charge is 2.43. The van der Waals surface area contributed by atoms with Gasteiger partial charge in [-0.15, -0.1) is 0 Å². The number of carbonyl (C=O) groups excluding carboxylic acids is 1. The molecule has 0 unspecified atom stereocenters. The largest absolute Gasteiger partial charge is 0.496 e. The van der Waals surface area contributed by atoms with Crippen molar-refractivity contribution in [2.45, 2.75) is 45.5 Å². The molecule has 3 aliphatic rings. The second-order valence-electron chi connectivity index (χ2n) is 11.3. The molecular formula is C36H34N2O5. The quantitative estimate of drug-likeness (QED) is 0.281. The van der Waals surface area contributed by atoms with Gasteiger partial charge in [-0.05, 0) is 66.3 Å². The van der Waals surface area contributed by atoms with Crippen molar-refractivity contribution in [3.05, 3.63) is 124 Å². The molecule has 1 amide bonds. The lowest BCUT2D eigenvalue weighted by Crippen LogP contribution is -2.57. The Morgan fingerprint density at radius 3 is 2.47 bits per heavy atom. The second kappa shape index (κ2) is 11.2. The van der Waals surface area contributed by atoms with Crippen LogP contribution in [0.5, 0.6) is 23.0 Å². The van der Waals surface area contributed by atoms with Gasteiger partial charge in [0.1, 0.15) is 18.1 Å². The van der Waals surface area contributed by atoms with Gasteiger partial charge < -0.3 is 23.8 Å². The van der Waals surface area contributed by atoms with E-state index in [4.69, 9.17) is 18.9 Å². The Morgan fingerprint density at radius 2 is 1.72 bits per heavy atom. The Kier molecular flexibility index (Phi) is 7.03. The number of piperazine rings is 1. The molecule has 43 heavy (non-hydrogen) atoms. The number of methoxy groups -OCH3 is 1. The van der Waals surface area contributed by atoms with Gasteiger partial charge in [-0.3, -0.25) is 10.1 Å². The fourth-order valence-corrected chi connectivity index (χ4v) is 6.37. The van der Waals surface area contributed by atoms with E-state index in [2.05, 4.69) is 35.7 Å². The number of rotatable bonds is 7. The Bertz CT molecular complexity index is 1720. The molecule has 3 heterocycles. The molecule has 2 atom stereocenters. The summed E-state index contributed by atoms with van der Waals surface area (Å²) in [6.45, 7) is 5.05. The molecule has 0 radical (unpaired) electrons. The van der Waals surface area contributed by atoms with Crippen LogP contribution in [0.2, 0.25) is 0 Å². The molecule has 0 saturated carbocycles. The lowest BCUT2D eigenvalue weighted by atomic mass is 9.83. The minimum atomic E-state index is -0.321. The molecule has 3 aliphatic heterocycles. The van der Waals surface area contributed by atoms with Crippen LogP contribution in [0.4, 0.5) is 0 Å². The van der Waals surface area contributed by atoms with Crippen LogP contribution in [0, 0.1) is 13.8 Å². The van der Waals surface area contributed by atoms with E-state index in [1.54, 1.807) is 7.11 Å². The summed E-state index contributed by atoms with van der Waals surface area (Å²) >= 11 is 0. The topological polar surface area (TPSA) is 69.3 Å². The van der Waals surface area contributed by atoms with Gasteiger partial charge in [-0.2, -0.15) is 0 Å². The van der Waals surface area contributed by atoms with Crippen molar-refractivity contribution in [2.75, 3.05) is 13.9 Å². The van der Waals surface area contributed by atoms with E-state index in [-0.39, 0.29) is 24.8 Å². The van der Waals surface area contributed by atoms with E-state index in [0.29, 0.717) is 36.8 Å². The summed E-state index contributed by atoms with van der Waals surface area (Å²) in [5.74, 6) is 2.94. The number of hydrogen-bond acceptors (Lipinski definition) is 6. The van der Waals surface area contributed by atoms with Crippen LogP contribution >= 0.6 is 0 Å². The minimum Gasteiger partial charge on any atom is -0.496 e. The fourth-order valence-electron chi connectivity index (χ4n) is 6.37. The number of aryl methyl sites for hydroxylation is 1. The van der Waals surface area contributed by atoms with E-state index in [9.17, 15) is 4.79 Å². The zero-order valence-corrected chi connectivity index (χ0v) is 24.6. The van der Waals surface area contributed by atoms with Crippen LogP contribution in [0.1, 0.15) is 45.0 Å². The highest BCUT2D eigenvalue weighted by Crippen LogP contribution is 2.46. The molecule has 7 rings (SSSR count). The summed E-state index contributed by atoms with van der Waals surface area (Å²) < 4.78 is 23.9. The standard InChI is InChI=1S/C36H34N2O5/c1-22-14-26-15-29-36(39)38(19-24-10-6-4-7-11-24)30(33(37-29)28(26)18-31(22)40-3)16-27-17-32-35(43-21-42-32)23(2)34(27)41-20-25-12-8-5-9-13-25/h4-14,16-18,29,33,37H,15,19-21H2,1-3H3/b30-16+/t29-,33+/m0/s1. The number of nitrogens with one attached hydrogen (secondary N) is 1. The van der Waals surface area contributed by atoms with Crippen molar-refractivity contribution in [3.63, 3.8) is 0 Å². The Labute approximate surface area is 251 Å². The molecule has 1 N–H and O–H groups in total. The van der Waals surface area contributed by atoms with Gasteiger partial charge in [0, 0.05) is 16.8 Å². The number of fused-ring (bicyclic) bond motifs is 5. The normalized spacial score (nSPS) is 19.4. The molecule has 4 aromatic carbocycles. The summed E-state index contributed by atoms with van der Waals surface area (Å²) in [6.07, 6.45) is 2.70. The van der Waals surface area contributed by atoms with Crippen molar-refractivity contribution in [1.29, 1.82) is 0 Å². The average Bonchev–Trinajstić information content (AvgIpc) is 3.51. The third kappa shape index (κ3) is 5.00. The predicted octanol–water partition coefficient (Wildman–Crippen LogP) is 6.26. The van der Waals surface area contributed by atoms with E-state index < -0.39 is 0 Å². The van der Waals surface area contributed by atoms with Crippen LogP contribution in [-0.2, 0) is 24.4 Å². The van der Waals surface area contributed by atoms with Crippen LogP contribution in [-0.4, -0.2) is 30.8 Å². The van der Waals surface area contributed by atoms with Gasteiger partial charge in [-0.1, -0.05) is 66.7 Å². The van der Waals surface area contributed by atoms with E-state index in [1.165, 1.54) is 0 Å². The predicted molar refractivity (Wildman–Crippen MR) is 164 cm³/mol. The average molecular weight is 575 g/mol.